The number of ether oxygens (including phenoxy) is 2. The fourth-order valence-corrected chi connectivity index (χ4v) is 4.07. The maximum atomic E-state index is 13.8. The highest BCUT2D eigenvalue weighted by Gasteiger charge is 2.13. The molecule has 8 nitrogen and oxygen atoms in total. The standard InChI is InChI=1S/C28H26BrFN4O4/c1-3-7-26-32-22-12-11-19(29)15-20(22)28(36)34(26)31-16-18-10-13-24(25(14-18)37-4-2)38-17-27(35)33-23-9-6-5-8-21(23)30/h5-6,8-16H,3-4,7,17H2,1-2H3,(H,33,35). The molecule has 0 aliphatic rings. The number of carbonyl (C=O) groups excluding carboxylic acids is 1. The van der Waals surface area contributed by atoms with E-state index < -0.39 is 11.7 Å². The zero-order valence-corrected chi connectivity index (χ0v) is 22.5. The fraction of sp³-hybridized carbons (Fsp3) is 0.214. The van der Waals surface area contributed by atoms with Crippen LogP contribution in [0.3, 0.4) is 0 Å². The van der Waals surface area contributed by atoms with Crippen LogP contribution in [-0.2, 0) is 11.2 Å². The molecule has 0 radical (unpaired) electrons. The normalized spacial score (nSPS) is 11.2. The Balaban J connectivity index is 1.56. The van der Waals surface area contributed by atoms with E-state index in [2.05, 4.69) is 31.3 Å². The first kappa shape index (κ1) is 27.0. The van der Waals surface area contributed by atoms with Crippen LogP contribution in [0.25, 0.3) is 10.9 Å². The maximum absolute atomic E-state index is 13.8. The summed E-state index contributed by atoms with van der Waals surface area (Å²) in [4.78, 5) is 30.1. The van der Waals surface area contributed by atoms with Crippen molar-refractivity contribution in [3.8, 4) is 11.5 Å². The molecule has 0 atom stereocenters. The highest BCUT2D eigenvalue weighted by atomic mass is 79.9. The number of fused-ring (bicyclic) bond motifs is 1. The van der Waals surface area contributed by atoms with Crippen LogP contribution < -0.4 is 20.3 Å². The zero-order chi connectivity index (χ0) is 27.1. The Morgan fingerprint density at radius 3 is 2.68 bits per heavy atom. The molecule has 4 aromatic rings. The van der Waals surface area contributed by atoms with Crippen LogP contribution in [0, 0.1) is 5.82 Å². The van der Waals surface area contributed by atoms with Gasteiger partial charge in [-0.05, 0) is 67.4 Å². The lowest BCUT2D eigenvalue weighted by molar-refractivity contribution is -0.118. The molecule has 196 valence electrons. The molecule has 1 amide bonds. The van der Waals surface area contributed by atoms with Crippen molar-refractivity contribution >= 4 is 44.6 Å². The first-order valence-electron chi connectivity index (χ1n) is 12.1. The molecule has 0 saturated carbocycles. The van der Waals surface area contributed by atoms with Gasteiger partial charge in [0.15, 0.2) is 18.1 Å². The molecule has 0 bridgehead atoms. The number of halogens is 2. The van der Waals surface area contributed by atoms with Gasteiger partial charge in [-0.2, -0.15) is 9.78 Å². The highest BCUT2D eigenvalue weighted by molar-refractivity contribution is 9.10. The lowest BCUT2D eigenvalue weighted by Gasteiger charge is -2.13. The van der Waals surface area contributed by atoms with Crippen LogP contribution in [0.1, 0.15) is 31.7 Å². The molecule has 1 N–H and O–H groups in total. The van der Waals surface area contributed by atoms with E-state index in [0.717, 1.165) is 10.9 Å². The minimum absolute atomic E-state index is 0.0749. The van der Waals surface area contributed by atoms with Crippen molar-refractivity contribution in [1.82, 2.24) is 9.66 Å². The lowest BCUT2D eigenvalue weighted by Crippen LogP contribution is -2.22. The number of nitrogens with zero attached hydrogens (tertiary/aromatic N) is 3. The van der Waals surface area contributed by atoms with Crippen molar-refractivity contribution < 1.29 is 18.7 Å². The first-order valence-corrected chi connectivity index (χ1v) is 12.9. The number of rotatable bonds is 10. The summed E-state index contributed by atoms with van der Waals surface area (Å²) in [6.45, 7) is 3.86. The molecule has 0 saturated heterocycles. The average Bonchev–Trinajstić information content (AvgIpc) is 2.90. The van der Waals surface area contributed by atoms with Crippen molar-refractivity contribution in [2.75, 3.05) is 18.5 Å². The number of para-hydroxylation sites is 1. The van der Waals surface area contributed by atoms with Gasteiger partial charge in [-0.15, -0.1) is 0 Å². The smallest absolute Gasteiger partial charge is 0.282 e. The Hall–Kier alpha value is -4.05. The van der Waals surface area contributed by atoms with E-state index in [4.69, 9.17) is 9.47 Å². The van der Waals surface area contributed by atoms with Gasteiger partial charge >= 0.3 is 0 Å². The number of benzene rings is 3. The zero-order valence-electron chi connectivity index (χ0n) is 20.9. The van der Waals surface area contributed by atoms with Crippen molar-refractivity contribution in [2.45, 2.75) is 26.7 Å². The Morgan fingerprint density at radius 1 is 1.11 bits per heavy atom. The summed E-state index contributed by atoms with van der Waals surface area (Å²) in [6, 6.07) is 16.3. The first-order chi connectivity index (χ1) is 18.4. The summed E-state index contributed by atoms with van der Waals surface area (Å²) >= 11 is 3.40. The van der Waals surface area contributed by atoms with E-state index in [0.29, 0.717) is 46.8 Å². The minimum atomic E-state index is -0.532. The largest absolute Gasteiger partial charge is 0.490 e. The van der Waals surface area contributed by atoms with Gasteiger partial charge in [0, 0.05) is 10.9 Å². The summed E-state index contributed by atoms with van der Waals surface area (Å²) < 4.78 is 27.2. The van der Waals surface area contributed by atoms with Crippen LogP contribution >= 0.6 is 15.9 Å². The number of aryl methyl sites for hydroxylation is 1. The second kappa shape index (κ2) is 12.5. The van der Waals surface area contributed by atoms with Gasteiger partial charge in [0.25, 0.3) is 11.5 Å². The predicted molar refractivity (Wildman–Crippen MR) is 149 cm³/mol. The maximum Gasteiger partial charge on any atom is 0.282 e. The summed E-state index contributed by atoms with van der Waals surface area (Å²) in [5, 5.41) is 7.38. The molecule has 0 aliphatic heterocycles. The topological polar surface area (TPSA) is 94.8 Å². The molecule has 0 aliphatic carbocycles. The number of aromatic nitrogens is 2. The van der Waals surface area contributed by atoms with Crippen molar-refractivity contribution in [2.24, 2.45) is 5.10 Å². The lowest BCUT2D eigenvalue weighted by atomic mass is 10.2. The second-order valence-corrected chi connectivity index (χ2v) is 9.17. The molecular weight excluding hydrogens is 555 g/mol. The van der Waals surface area contributed by atoms with Crippen molar-refractivity contribution in [3.63, 3.8) is 0 Å². The molecule has 4 rings (SSSR count). The van der Waals surface area contributed by atoms with E-state index in [1.807, 2.05) is 19.9 Å². The van der Waals surface area contributed by atoms with E-state index in [1.54, 1.807) is 42.6 Å². The molecule has 0 fully saturated rings. The highest BCUT2D eigenvalue weighted by Crippen LogP contribution is 2.28. The van der Waals surface area contributed by atoms with E-state index in [-0.39, 0.29) is 17.9 Å². The van der Waals surface area contributed by atoms with Crippen LogP contribution in [0.4, 0.5) is 10.1 Å². The number of hydrogen-bond donors (Lipinski definition) is 1. The third kappa shape index (κ3) is 6.44. The second-order valence-electron chi connectivity index (χ2n) is 8.26. The van der Waals surface area contributed by atoms with Gasteiger partial charge in [-0.1, -0.05) is 35.0 Å². The Kier molecular flexibility index (Phi) is 8.85. The Bertz CT molecular complexity index is 1550. The quantitative estimate of drug-likeness (QED) is 0.248. The fourth-order valence-electron chi connectivity index (χ4n) is 3.71. The van der Waals surface area contributed by atoms with E-state index in [9.17, 15) is 14.0 Å². The van der Waals surface area contributed by atoms with Gasteiger partial charge in [0.2, 0.25) is 0 Å². The van der Waals surface area contributed by atoms with Crippen molar-refractivity contribution in [1.29, 1.82) is 0 Å². The summed E-state index contributed by atoms with van der Waals surface area (Å²) in [5.74, 6) is 0.261. The van der Waals surface area contributed by atoms with Gasteiger partial charge in [0.05, 0.1) is 29.4 Å². The number of carbonyl (C=O) groups is 1. The molecule has 38 heavy (non-hydrogen) atoms. The van der Waals surface area contributed by atoms with E-state index >= 15 is 0 Å². The Morgan fingerprint density at radius 2 is 1.92 bits per heavy atom. The molecule has 10 heteroatoms. The molecule has 0 unspecified atom stereocenters. The predicted octanol–water partition coefficient (Wildman–Crippen LogP) is 5.55. The van der Waals surface area contributed by atoms with Crippen LogP contribution in [-0.4, -0.2) is 35.0 Å². The summed E-state index contributed by atoms with van der Waals surface area (Å²) in [5.41, 5.74) is 1.08. The van der Waals surface area contributed by atoms with Gasteiger partial charge < -0.3 is 14.8 Å². The molecular formula is C28H26BrFN4O4. The van der Waals surface area contributed by atoms with Crippen LogP contribution in [0.5, 0.6) is 11.5 Å². The molecule has 3 aromatic carbocycles. The minimum Gasteiger partial charge on any atom is -0.490 e. The van der Waals surface area contributed by atoms with Crippen LogP contribution in [0.2, 0.25) is 0 Å². The summed E-state index contributed by atoms with van der Waals surface area (Å²) in [7, 11) is 0. The molecule has 1 heterocycles. The number of nitrogens with one attached hydrogen (secondary N) is 1. The summed E-state index contributed by atoms with van der Waals surface area (Å²) in [6.07, 6.45) is 2.93. The molecule has 0 spiro atoms. The number of amides is 1. The van der Waals surface area contributed by atoms with E-state index in [1.165, 1.54) is 22.9 Å². The van der Waals surface area contributed by atoms with Gasteiger partial charge in [-0.25, -0.2) is 9.37 Å². The van der Waals surface area contributed by atoms with Gasteiger partial charge in [0.1, 0.15) is 11.6 Å². The monoisotopic (exact) mass is 580 g/mol. The SMILES string of the molecule is CCCc1nc2ccc(Br)cc2c(=O)n1N=Cc1ccc(OCC(=O)Nc2ccccc2F)c(OCC)c1. The molecule has 1 aromatic heterocycles. The average molecular weight is 581 g/mol. The number of anilines is 1. The van der Waals surface area contributed by atoms with Gasteiger partial charge in [-0.3, -0.25) is 9.59 Å². The third-order valence-electron chi connectivity index (χ3n) is 5.45. The Labute approximate surface area is 227 Å². The third-order valence-corrected chi connectivity index (χ3v) is 5.94. The van der Waals surface area contributed by atoms with Crippen LogP contribution in [0.15, 0.2) is 75.0 Å². The van der Waals surface area contributed by atoms with Crippen molar-refractivity contribution in [3.05, 3.63) is 92.7 Å². The number of hydrogen-bond acceptors (Lipinski definition) is 6.